The van der Waals surface area contributed by atoms with Crippen LogP contribution >= 0.6 is 11.6 Å². The average Bonchev–Trinajstić information content (AvgIpc) is 3.05. The first kappa shape index (κ1) is 14.9. The molecule has 0 radical (unpaired) electrons. The second-order valence-electron chi connectivity index (χ2n) is 5.48. The summed E-state index contributed by atoms with van der Waals surface area (Å²) in [5.74, 6) is 1.13. The van der Waals surface area contributed by atoms with Gasteiger partial charge >= 0.3 is 0 Å². The molecule has 1 fully saturated rings. The first-order valence-electron chi connectivity index (χ1n) is 7.43. The molecule has 3 nitrogen and oxygen atoms in total. The van der Waals surface area contributed by atoms with E-state index in [1.54, 1.807) is 24.3 Å². The Bertz CT molecular complexity index is 627. The number of hydrogen-bond donors (Lipinski definition) is 0. The first-order chi connectivity index (χ1) is 10.7. The summed E-state index contributed by atoms with van der Waals surface area (Å²) in [6.45, 7) is 1.64. The van der Waals surface area contributed by atoms with Gasteiger partial charge in [-0.1, -0.05) is 41.9 Å². The molecule has 0 aromatic heterocycles. The monoisotopic (exact) mass is 315 g/mol. The number of amides is 1. The highest BCUT2D eigenvalue weighted by atomic mass is 35.5. The van der Waals surface area contributed by atoms with Crippen molar-refractivity contribution in [3.05, 3.63) is 65.2 Å². The molecule has 1 atom stereocenters. The molecule has 1 saturated heterocycles. The minimum absolute atomic E-state index is 0.0355. The molecule has 2 aromatic carbocycles. The van der Waals surface area contributed by atoms with E-state index in [1.165, 1.54) is 5.56 Å². The van der Waals surface area contributed by atoms with Gasteiger partial charge < -0.3 is 9.64 Å². The van der Waals surface area contributed by atoms with Crippen LogP contribution in [0.3, 0.4) is 0 Å². The summed E-state index contributed by atoms with van der Waals surface area (Å²) in [5, 5.41) is 0.656. The second-order valence-corrected chi connectivity index (χ2v) is 5.92. The minimum Gasteiger partial charge on any atom is -0.484 e. The van der Waals surface area contributed by atoms with Crippen LogP contribution in [0.1, 0.15) is 17.9 Å². The third-order valence-electron chi connectivity index (χ3n) is 3.99. The molecule has 0 spiro atoms. The molecule has 3 rings (SSSR count). The van der Waals surface area contributed by atoms with Gasteiger partial charge in [0, 0.05) is 24.0 Å². The maximum absolute atomic E-state index is 12.2. The molecule has 0 bridgehead atoms. The quantitative estimate of drug-likeness (QED) is 0.860. The molecule has 0 aliphatic carbocycles. The van der Waals surface area contributed by atoms with E-state index in [1.807, 2.05) is 23.1 Å². The number of carbonyl (C=O) groups is 1. The molecule has 0 saturated carbocycles. The Hall–Kier alpha value is -2.00. The lowest BCUT2D eigenvalue weighted by Gasteiger charge is -2.17. The van der Waals surface area contributed by atoms with Gasteiger partial charge in [-0.2, -0.15) is 0 Å². The van der Waals surface area contributed by atoms with Crippen molar-refractivity contribution in [1.29, 1.82) is 0 Å². The number of rotatable bonds is 4. The smallest absolute Gasteiger partial charge is 0.260 e. The highest BCUT2D eigenvalue weighted by Crippen LogP contribution is 2.27. The highest BCUT2D eigenvalue weighted by molar-refractivity contribution is 6.30. The van der Waals surface area contributed by atoms with E-state index in [2.05, 4.69) is 12.1 Å². The molecule has 2 aromatic rings. The van der Waals surface area contributed by atoms with E-state index in [-0.39, 0.29) is 12.5 Å². The Morgan fingerprint density at radius 3 is 2.59 bits per heavy atom. The Balaban J connectivity index is 1.52. The fourth-order valence-electron chi connectivity index (χ4n) is 2.75. The number of carbonyl (C=O) groups excluding carboxylic acids is 1. The summed E-state index contributed by atoms with van der Waals surface area (Å²) in [6, 6.07) is 17.4. The average molecular weight is 316 g/mol. The van der Waals surface area contributed by atoms with Crippen LogP contribution in [0.2, 0.25) is 5.02 Å². The summed E-state index contributed by atoms with van der Waals surface area (Å²) >= 11 is 5.82. The molecular formula is C18H18ClNO2. The van der Waals surface area contributed by atoms with Crippen LogP contribution in [0.4, 0.5) is 0 Å². The number of hydrogen-bond acceptors (Lipinski definition) is 2. The van der Waals surface area contributed by atoms with Crippen molar-refractivity contribution in [2.24, 2.45) is 0 Å². The Morgan fingerprint density at radius 2 is 1.86 bits per heavy atom. The van der Waals surface area contributed by atoms with Gasteiger partial charge in [0.15, 0.2) is 6.61 Å². The lowest BCUT2D eigenvalue weighted by molar-refractivity contribution is -0.132. The molecule has 4 heteroatoms. The van der Waals surface area contributed by atoms with Crippen LogP contribution in [0.25, 0.3) is 0 Å². The van der Waals surface area contributed by atoms with E-state index < -0.39 is 0 Å². The van der Waals surface area contributed by atoms with Crippen molar-refractivity contribution in [3.8, 4) is 5.75 Å². The maximum atomic E-state index is 12.2. The molecule has 1 aliphatic heterocycles. The standard InChI is InChI=1S/C18H18ClNO2/c19-16-6-8-17(9-7-16)22-13-18(21)20-11-10-15(12-20)14-4-2-1-3-5-14/h1-9,15H,10-13H2. The summed E-state index contributed by atoms with van der Waals surface area (Å²) in [6.07, 6.45) is 1.01. The normalized spacial score (nSPS) is 17.5. The van der Waals surface area contributed by atoms with Gasteiger partial charge in [-0.25, -0.2) is 0 Å². The zero-order valence-corrected chi connectivity index (χ0v) is 13.0. The molecule has 1 aliphatic rings. The molecule has 22 heavy (non-hydrogen) atoms. The van der Waals surface area contributed by atoms with Gasteiger partial charge in [-0.15, -0.1) is 0 Å². The van der Waals surface area contributed by atoms with Crippen LogP contribution in [-0.2, 0) is 4.79 Å². The van der Waals surface area contributed by atoms with Crippen molar-refractivity contribution < 1.29 is 9.53 Å². The minimum atomic E-state index is 0.0355. The number of nitrogens with zero attached hydrogens (tertiary/aromatic N) is 1. The van der Waals surface area contributed by atoms with E-state index >= 15 is 0 Å². The zero-order chi connectivity index (χ0) is 15.4. The topological polar surface area (TPSA) is 29.5 Å². The SMILES string of the molecule is O=C(COc1ccc(Cl)cc1)N1CCC(c2ccccc2)C1. The summed E-state index contributed by atoms with van der Waals surface area (Å²) in [4.78, 5) is 14.1. The predicted octanol–water partition coefficient (Wildman–Crippen LogP) is 3.73. The van der Waals surface area contributed by atoms with Crippen molar-refractivity contribution in [3.63, 3.8) is 0 Å². The number of halogens is 1. The molecule has 114 valence electrons. The van der Waals surface area contributed by atoms with Crippen LogP contribution in [0, 0.1) is 0 Å². The summed E-state index contributed by atoms with van der Waals surface area (Å²) in [7, 11) is 0. The molecule has 1 heterocycles. The van der Waals surface area contributed by atoms with Gasteiger partial charge in [0.1, 0.15) is 5.75 Å². The molecular weight excluding hydrogens is 298 g/mol. The zero-order valence-electron chi connectivity index (χ0n) is 12.2. The van der Waals surface area contributed by atoms with Gasteiger partial charge in [0.25, 0.3) is 5.91 Å². The van der Waals surface area contributed by atoms with Gasteiger partial charge in [-0.3, -0.25) is 4.79 Å². The van der Waals surface area contributed by atoms with Gasteiger partial charge in [0.2, 0.25) is 0 Å². The van der Waals surface area contributed by atoms with Crippen molar-refractivity contribution >= 4 is 17.5 Å². The van der Waals surface area contributed by atoms with E-state index in [0.717, 1.165) is 19.5 Å². The van der Waals surface area contributed by atoms with Crippen molar-refractivity contribution in [1.82, 2.24) is 4.90 Å². The number of ether oxygens (including phenoxy) is 1. The first-order valence-corrected chi connectivity index (χ1v) is 7.81. The molecule has 1 unspecified atom stereocenters. The van der Waals surface area contributed by atoms with E-state index in [4.69, 9.17) is 16.3 Å². The Morgan fingerprint density at radius 1 is 1.14 bits per heavy atom. The maximum Gasteiger partial charge on any atom is 0.260 e. The third-order valence-corrected chi connectivity index (χ3v) is 4.24. The van der Waals surface area contributed by atoms with Crippen molar-refractivity contribution in [2.45, 2.75) is 12.3 Å². The fourth-order valence-corrected chi connectivity index (χ4v) is 2.88. The lowest BCUT2D eigenvalue weighted by Crippen LogP contribution is -2.32. The summed E-state index contributed by atoms with van der Waals surface area (Å²) in [5.41, 5.74) is 1.30. The van der Waals surface area contributed by atoms with Gasteiger partial charge in [-0.05, 0) is 36.2 Å². The second kappa shape index (κ2) is 6.84. The Kier molecular flexibility index (Phi) is 4.64. The third kappa shape index (κ3) is 3.60. The van der Waals surface area contributed by atoms with Crippen LogP contribution in [0.5, 0.6) is 5.75 Å². The van der Waals surface area contributed by atoms with Gasteiger partial charge in [0.05, 0.1) is 0 Å². The van der Waals surface area contributed by atoms with E-state index in [0.29, 0.717) is 16.7 Å². The number of likely N-dealkylation sites (tertiary alicyclic amines) is 1. The van der Waals surface area contributed by atoms with Crippen molar-refractivity contribution in [2.75, 3.05) is 19.7 Å². The lowest BCUT2D eigenvalue weighted by atomic mass is 9.99. The van der Waals surface area contributed by atoms with E-state index in [9.17, 15) is 4.79 Å². The summed E-state index contributed by atoms with van der Waals surface area (Å²) < 4.78 is 5.53. The predicted molar refractivity (Wildman–Crippen MR) is 87.3 cm³/mol. The molecule has 0 N–H and O–H groups in total. The van der Waals surface area contributed by atoms with Crippen LogP contribution in [-0.4, -0.2) is 30.5 Å². The highest BCUT2D eigenvalue weighted by Gasteiger charge is 2.27. The van der Waals surface area contributed by atoms with Crippen LogP contribution in [0.15, 0.2) is 54.6 Å². The largest absolute Gasteiger partial charge is 0.484 e. The fraction of sp³-hybridized carbons (Fsp3) is 0.278. The van der Waals surface area contributed by atoms with Crippen LogP contribution < -0.4 is 4.74 Å². The number of benzene rings is 2. The Labute approximate surface area is 135 Å². The molecule has 1 amide bonds.